The Morgan fingerprint density at radius 3 is 2.60 bits per heavy atom. The molecule has 20 heavy (non-hydrogen) atoms. The van der Waals surface area contributed by atoms with Gasteiger partial charge in [0.25, 0.3) is 0 Å². The quantitative estimate of drug-likeness (QED) is 0.811. The van der Waals surface area contributed by atoms with E-state index in [9.17, 15) is 5.11 Å². The highest BCUT2D eigenvalue weighted by atomic mass is 32.2. The van der Waals surface area contributed by atoms with Crippen molar-refractivity contribution in [2.75, 3.05) is 44.7 Å². The van der Waals surface area contributed by atoms with Crippen LogP contribution in [-0.2, 0) is 6.54 Å². The summed E-state index contributed by atoms with van der Waals surface area (Å²) in [6.45, 7) is 5.77. The fraction of sp³-hybridized carbons (Fsp3) is 0.625. The number of β-amino-alcohol motifs (C(OH)–C–C–N with tert-alkyl or cyclic N) is 1. The fourth-order valence-electron chi connectivity index (χ4n) is 2.74. The SMILES string of the molecule is CSCCCN1CCN(Cc2ccccc2)C[C@H](O)C1. The van der Waals surface area contributed by atoms with Crippen molar-refractivity contribution in [3.05, 3.63) is 35.9 Å². The van der Waals surface area contributed by atoms with Gasteiger partial charge in [-0.3, -0.25) is 9.80 Å². The molecule has 0 amide bonds. The third-order valence-electron chi connectivity index (χ3n) is 3.74. The Kier molecular flexibility index (Phi) is 6.87. The first-order chi connectivity index (χ1) is 9.78. The maximum Gasteiger partial charge on any atom is 0.0793 e. The van der Waals surface area contributed by atoms with E-state index in [4.69, 9.17) is 0 Å². The maximum atomic E-state index is 10.2. The van der Waals surface area contributed by atoms with E-state index in [-0.39, 0.29) is 6.10 Å². The van der Waals surface area contributed by atoms with Crippen LogP contribution in [0.4, 0.5) is 0 Å². The predicted molar refractivity (Wildman–Crippen MR) is 87.2 cm³/mol. The van der Waals surface area contributed by atoms with Crippen molar-refractivity contribution >= 4 is 11.8 Å². The molecule has 1 N–H and O–H groups in total. The summed E-state index contributed by atoms with van der Waals surface area (Å²) in [5.74, 6) is 1.21. The molecule has 0 saturated carbocycles. The summed E-state index contributed by atoms with van der Waals surface area (Å²) in [5.41, 5.74) is 1.33. The van der Waals surface area contributed by atoms with E-state index in [1.807, 2.05) is 17.8 Å². The van der Waals surface area contributed by atoms with E-state index in [2.05, 4.69) is 40.3 Å². The zero-order chi connectivity index (χ0) is 14.2. The second-order valence-corrected chi connectivity index (χ2v) is 6.51. The summed E-state index contributed by atoms with van der Waals surface area (Å²) >= 11 is 1.90. The maximum absolute atomic E-state index is 10.2. The first kappa shape index (κ1) is 15.8. The number of thioether (sulfide) groups is 1. The Labute approximate surface area is 127 Å². The van der Waals surface area contributed by atoms with E-state index in [1.54, 1.807) is 0 Å². The van der Waals surface area contributed by atoms with Crippen LogP contribution in [0.15, 0.2) is 30.3 Å². The van der Waals surface area contributed by atoms with E-state index < -0.39 is 0 Å². The van der Waals surface area contributed by atoms with Gasteiger partial charge in [-0.05, 0) is 30.5 Å². The lowest BCUT2D eigenvalue weighted by Gasteiger charge is -2.21. The second-order valence-electron chi connectivity index (χ2n) is 5.52. The minimum Gasteiger partial charge on any atom is -0.390 e. The van der Waals surface area contributed by atoms with Crippen LogP contribution in [0.5, 0.6) is 0 Å². The normalized spacial score (nSPS) is 21.8. The lowest BCUT2D eigenvalue weighted by Crippen LogP contribution is -2.34. The number of benzene rings is 1. The van der Waals surface area contributed by atoms with E-state index in [0.717, 1.165) is 39.3 Å². The molecule has 4 heteroatoms. The van der Waals surface area contributed by atoms with Gasteiger partial charge in [0.15, 0.2) is 0 Å². The summed E-state index contributed by atoms with van der Waals surface area (Å²) in [7, 11) is 0. The largest absolute Gasteiger partial charge is 0.390 e. The molecule has 1 atom stereocenters. The summed E-state index contributed by atoms with van der Waals surface area (Å²) in [5, 5.41) is 10.2. The van der Waals surface area contributed by atoms with Gasteiger partial charge in [-0.15, -0.1) is 0 Å². The third kappa shape index (κ3) is 5.44. The molecule has 0 unspecified atom stereocenters. The van der Waals surface area contributed by atoms with Crippen molar-refractivity contribution in [1.29, 1.82) is 0 Å². The number of aliphatic hydroxyl groups is 1. The Morgan fingerprint density at radius 2 is 1.85 bits per heavy atom. The minimum atomic E-state index is -0.226. The third-order valence-corrected chi connectivity index (χ3v) is 4.44. The second kappa shape index (κ2) is 8.67. The zero-order valence-electron chi connectivity index (χ0n) is 12.4. The van der Waals surface area contributed by atoms with E-state index in [0.29, 0.717) is 0 Å². The Morgan fingerprint density at radius 1 is 1.15 bits per heavy atom. The molecule has 0 bridgehead atoms. The first-order valence-electron chi connectivity index (χ1n) is 7.43. The average Bonchev–Trinajstić information content (AvgIpc) is 2.62. The van der Waals surface area contributed by atoms with Gasteiger partial charge in [0, 0.05) is 32.7 Å². The van der Waals surface area contributed by atoms with Crippen LogP contribution in [-0.4, -0.2) is 65.7 Å². The standard InChI is InChI=1S/C16H26N2OS/c1-20-11-5-8-17-9-10-18(14-16(19)13-17)12-15-6-3-2-4-7-15/h2-4,6-7,16,19H,5,8-14H2,1H3/t16-/m1/s1. The number of rotatable bonds is 6. The molecule has 3 nitrogen and oxygen atoms in total. The average molecular weight is 294 g/mol. The highest BCUT2D eigenvalue weighted by molar-refractivity contribution is 7.98. The predicted octanol–water partition coefficient (Wildman–Crippen LogP) is 1.92. The summed E-state index contributed by atoms with van der Waals surface area (Å²) < 4.78 is 0. The van der Waals surface area contributed by atoms with Crippen molar-refractivity contribution < 1.29 is 5.11 Å². The molecule has 112 valence electrons. The lowest BCUT2D eigenvalue weighted by atomic mass is 10.2. The highest BCUT2D eigenvalue weighted by Gasteiger charge is 2.20. The van der Waals surface area contributed by atoms with Crippen molar-refractivity contribution in [3.63, 3.8) is 0 Å². The van der Waals surface area contributed by atoms with Crippen molar-refractivity contribution in [2.24, 2.45) is 0 Å². The molecule has 0 radical (unpaired) electrons. The van der Waals surface area contributed by atoms with Gasteiger partial charge in [-0.25, -0.2) is 0 Å². The smallest absolute Gasteiger partial charge is 0.0793 e. The van der Waals surface area contributed by atoms with Crippen LogP contribution < -0.4 is 0 Å². The number of aliphatic hydroxyl groups excluding tert-OH is 1. The van der Waals surface area contributed by atoms with Crippen LogP contribution >= 0.6 is 11.8 Å². The minimum absolute atomic E-state index is 0.226. The molecule has 2 rings (SSSR count). The number of hydrogen-bond acceptors (Lipinski definition) is 4. The monoisotopic (exact) mass is 294 g/mol. The molecule has 0 spiro atoms. The number of nitrogens with zero attached hydrogens (tertiary/aromatic N) is 2. The molecule has 1 aromatic carbocycles. The lowest BCUT2D eigenvalue weighted by molar-refractivity contribution is 0.108. The van der Waals surface area contributed by atoms with Crippen LogP contribution in [0.25, 0.3) is 0 Å². The van der Waals surface area contributed by atoms with E-state index in [1.165, 1.54) is 17.7 Å². The van der Waals surface area contributed by atoms with E-state index >= 15 is 0 Å². The molecule has 0 aliphatic carbocycles. The van der Waals surface area contributed by atoms with Gasteiger partial charge in [0.1, 0.15) is 0 Å². The van der Waals surface area contributed by atoms with Crippen LogP contribution in [0, 0.1) is 0 Å². The summed E-state index contributed by atoms with van der Waals surface area (Å²) in [6.07, 6.45) is 3.14. The van der Waals surface area contributed by atoms with Gasteiger partial charge in [0.05, 0.1) is 6.10 Å². The Bertz CT molecular complexity index is 374. The molecule has 0 aromatic heterocycles. The molecule has 1 aromatic rings. The molecular weight excluding hydrogens is 268 g/mol. The molecular formula is C16H26N2OS. The number of hydrogen-bond donors (Lipinski definition) is 1. The first-order valence-corrected chi connectivity index (χ1v) is 8.83. The van der Waals surface area contributed by atoms with Gasteiger partial charge in [0.2, 0.25) is 0 Å². The van der Waals surface area contributed by atoms with Crippen molar-refractivity contribution in [1.82, 2.24) is 9.80 Å². The molecule has 1 fully saturated rings. The summed E-state index contributed by atoms with van der Waals surface area (Å²) in [4.78, 5) is 4.78. The highest BCUT2D eigenvalue weighted by Crippen LogP contribution is 2.10. The topological polar surface area (TPSA) is 26.7 Å². The van der Waals surface area contributed by atoms with Gasteiger partial charge >= 0.3 is 0 Å². The van der Waals surface area contributed by atoms with Crippen molar-refractivity contribution in [3.8, 4) is 0 Å². The molecule has 1 heterocycles. The molecule has 1 aliphatic rings. The van der Waals surface area contributed by atoms with Gasteiger partial charge in [-0.2, -0.15) is 11.8 Å². The summed E-state index contributed by atoms with van der Waals surface area (Å²) in [6, 6.07) is 10.5. The van der Waals surface area contributed by atoms with Crippen molar-refractivity contribution in [2.45, 2.75) is 19.1 Å². The van der Waals surface area contributed by atoms with Crippen LogP contribution in [0.3, 0.4) is 0 Å². The van der Waals surface area contributed by atoms with Crippen LogP contribution in [0.1, 0.15) is 12.0 Å². The molecule has 1 aliphatic heterocycles. The van der Waals surface area contributed by atoms with Crippen LogP contribution in [0.2, 0.25) is 0 Å². The zero-order valence-corrected chi connectivity index (χ0v) is 13.2. The van der Waals surface area contributed by atoms with Gasteiger partial charge < -0.3 is 5.11 Å². The molecule has 1 saturated heterocycles. The Hall–Kier alpha value is -0.550. The fourth-order valence-corrected chi connectivity index (χ4v) is 3.16. The Balaban J connectivity index is 1.82. The van der Waals surface area contributed by atoms with Gasteiger partial charge in [-0.1, -0.05) is 30.3 Å².